The van der Waals surface area contributed by atoms with Crippen LogP contribution < -0.4 is 0 Å². The number of hydrogen-bond donors (Lipinski definition) is 0. The molecule has 2 aliphatic rings. The van der Waals surface area contributed by atoms with E-state index in [2.05, 4.69) is 13.3 Å². The third kappa shape index (κ3) is 0.720. The van der Waals surface area contributed by atoms with Crippen molar-refractivity contribution in [1.29, 1.82) is 0 Å². The lowest BCUT2D eigenvalue weighted by atomic mass is 9.82. The Morgan fingerprint density at radius 1 is 1.67 bits per heavy atom. The monoisotopic (exact) mass is 123 g/mol. The second kappa shape index (κ2) is 1.74. The van der Waals surface area contributed by atoms with Gasteiger partial charge in [0.05, 0.1) is 0 Å². The summed E-state index contributed by atoms with van der Waals surface area (Å²) in [4.78, 5) is 0. The Hall–Kier alpha value is 0. The molecule has 2 atom stereocenters. The van der Waals surface area contributed by atoms with Crippen LogP contribution in [0.2, 0.25) is 0 Å². The molecule has 2 bridgehead atoms. The smallest absolute Gasteiger partial charge is 0.0266 e. The molecule has 2 saturated carbocycles. The van der Waals surface area contributed by atoms with Crippen LogP contribution in [0.25, 0.3) is 0 Å². The fraction of sp³-hybridized carbons (Fsp3) is 0.889. The lowest BCUT2D eigenvalue weighted by Crippen LogP contribution is -2.12. The third-order valence-corrected chi connectivity index (χ3v) is 3.33. The Morgan fingerprint density at radius 3 is 2.78 bits per heavy atom. The first-order valence-electron chi connectivity index (χ1n) is 4.19. The van der Waals surface area contributed by atoms with Crippen LogP contribution in [0.3, 0.4) is 0 Å². The van der Waals surface area contributed by atoms with Crippen molar-refractivity contribution in [2.45, 2.75) is 39.0 Å². The zero-order valence-electron chi connectivity index (χ0n) is 6.19. The fourth-order valence-electron chi connectivity index (χ4n) is 2.54. The molecule has 2 rings (SSSR count). The van der Waals surface area contributed by atoms with E-state index in [9.17, 15) is 0 Å². The van der Waals surface area contributed by atoms with Crippen LogP contribution in [0.1, 0.15) is 39.0 Å². The fourth-order valence-corrected chi connectivity index (χ4v) is 2.54. The van der Waals surface area contributed by atoms with Gasteiger partial charge < -0.3 is 0 Å². The lowest BCUT2D eigenvalue weighted by Gasteiger charge is -2.23. The molecule has 0 aliphatic heterocycles. The second-order valence-electron chi connectivity index (χ2n) is 3.76. The topological polar surface area (TPSA) is 0 Å². The Bertz CT molecular complexity index is 107. The Morgan fingerprint density at radius 2 is 2.56 bits per heavy atom. The van der Waals surface area contributed by atoms with Crippen LogP contribution in [0.5, 0.6) is 0 Å². The molecule has 1 radical (unpaired) electrons. The molecular weight excluding hydrogens is 108 g/mol. The molecule has 2 aliphatic carbocycles. The summed E-state index contributed by atoms with van der Waals surface area (Å²) in [5, 5.41) is 0. The number of hydrogen-bond acceptors (Lipinski definition) is 0. The Labute approximate surface area is 57.6 Å². The molecule has 0 aromatic heterocycles. The molecule has 0 aromatic carbocycles. The summed E-state index contributed by atoms with van der Waals surface area (Å²) in [5.74, 6) is 1.09. The van der Waals surface area contributed by atoms with Crippen molar-refractivity contribution in [1.82, 2.24) is 0 Å². The van der Waals surface area contributed by atoms with Crippen LogP contribution in [-0.2, 0) is 0 Å². The molecule has 0 heterocycles. The molecule has 51 valence electrons. The maximum atomic E-state index is 2.58. The Kier molecular flexibility index (Phi) is 1.12. The van der Waals surface area contributed by atoms with Gasteiger partial charge in [0.1, 0.15) is 0 Å². The van der Waals surface area contributed by atoms with Crippen molar-refractivity contribution < 1.29 is 0 Å². The van der Waals surface area contributed by atoms with Crippen LogP contribution >= 0.6 is 0 Å². The van der Waals surface area contributed by atoms with E-state index in [4.69, 9.17) is 0 Å². The van der Waals surface area contributed by atoms with Gasteiger partial charge in [0.25, 0.3) is 0 Å². The van der Waals surface area contributed by atoms with Gasteiger partial charge in [-0.25, -0.2) is 0 Å². The van der Waals surface area contributed by atoms with Crippen molar-refractivity contribution in [3.8, 4) is 0 Å². The standard InChI is InChI=1S/C9H15/c1-2-9-5-3-8(7-9)4-6-9/h5,8H,2-4,6-7H2,1H3/t8?,9-/m1/s1. The van der Waals surface area contributed by atoms with E-state index >= 15 is 0 Å². The molecule has 0 nitrogen and oxygen atoms in total. The van der Waals surface area contributed by atoms with Gasteiger partial charge in [0.15, 0.2) is 0 Å². The summed E-state index contributed by atoms with van der Waals surface area (Å²) in [5.41, 5.74) is 0.727. The zero-order valence-corrected chi connectivity index (χ0v) is 6.19. The third-order valence-electron chi connectivity index (χ3n) is 3.33. The van der Waals surface area contributed by atoms with Crippen molar-refractivity contribution >= 4 is 0 Å². The molecule has 1 unspecified atom stereocenters. The van der Waals surface area contributed by atoms with Crippen molar-refractivity contribution in [3.05, 3.63) is 6.42 Å². The highest BCUT2D eigenvalue weighted by molar-refractivity contribution is 5.05. The number of fused-ring (bicyclic) bond motifs is 2. The number of rotatable bonds is 1. The minimum atomic E-state index is 0.727. The first-order chi connectivity index (χ1) is 4.35. The van der Waals surface area contributed by atoms with Gasteiger partial charge in [-0.05, 0) is 43.4 Å². The summed E-state index contributed by atoms with van der Waals surface area (Å²) >= 11 is 0. The van der Waals surface area contributed by atoms with E-state index in [0.29, 0.717) is 0 Å². The maximum absolute atomic E-state index is 2.58. The molecular formula is C9H15. The van der Waals surface area contributed by atoms with Crippen LogP contribution in [0.4, 0.5) is 0 Å². The lowest BCUT2D eigenvalue weighted by molar-refractivity contribution is 0.361. The molecule has 0 saturated heterocycles. The highest BCUT2D eigenvalue weighted by Crippen LogP contribution is 2.54. The van der Waals surface area contributed by atoms with Gasteiger partial charge in [-0.15, -0.1) is 0 Å². The predicted molar refractivity (Wildman–Crippen MR) is 39.0 cm³/mol. The molecule has 0 aromatic rings. The van der Waals surface area contributed by atoms with E-state index in [1.54, 1.807) is 0 Å². The van der Waals surface area contributed by atoms with Gasteiger partial charge >= 0.3 is 0 Å². The van der Waals surface area contributed by atoms with Gasteiger partial charge in [-0.2, -0.15) is 0 Å². The molecule has 2 fully saturated rings. The van der Waals surface area contributed by atoms with E-state index in [-0.39, 0.29) is 0 Å². The summed E-state index contributed by atoms with van der Waals surface area (Å²) in [6.45, 7) is 2.34. The van der Waals surface area contributed by atoms with Gasteiger partial charge in [-0.1, -0.05) is 13.3 Å². The molecule has 0 heteroatoms. The average Bonchev–Trinajstić information content (AvgIpc) is 2.46. The first kappa shape index (κ1) is 5.76. The summed E-state index contributed by atoms with van der Waals surface area (Å²) in [7, 11) is 0. The summed E-state index contributed by atoms with van der Waals surface area (Å²) < 4.78 is 0. The largest absolute Gasteiger partial charge is 0.0648 e. The van der Waals surface area contributed by atoms with Crippen molar-refractivity contribution in [3.63, 3.8) is 0 Å². The van der Waals surface area contributed by atoms with Gasteiger partial charge in [-0.3, -0.25) is 0 Å². The van der Waals surface area contributed by atoms with Crippen LogP contribution in [-0.4, -0.2) is 0 Å². The first-order valence-corrected chi connectivity index (χ1v) is 4.19. The molecule has 0 amide bonds. The minimum absolute atomic E-state index is 0.727. The Balaban J connectivity index is 2.13. The van der Waals surface area contributed by atoms with Gasteiger partial charge in [0.2, 0.25) is 0 Å². The highest BCUT2D eigenvalue weighted by Gasteiger charge is 2.43. The normalized spacial score (nSPS) is 48.3. The van der Waals surface area contributed by atoms with Crippen molar-refractivity contribution in [2.75, 3.05) is 0 Å². The van der Waals surface area contributed by atoms with E-state index < -0.39 is 0 Å². The molecule has 0 spiro atoms. The maximum Gasteiger partial charge on any atom is -0.0266 e. The van der Waals surface area contributed by atoms with Crippen molar-refractivity contribution in [2.24, 2.45) is 11.3 Å². The quantitative estimate of drug-likeness (QED) is 0.503. The van der Waals surface area contributed by atoms with Crippen LogP contribution in [0, 0.1) is 17.8 Å². The van der Waals surface area contributed by atoms with Crippen LogP contribution in [0.15, 0.2) is 0 Å². The van der Waals surface area contributed by atoms with E-state index in [1.165, 1.54) is 32.1 Å². The highest BCUT2D eigenvalue weighted by atomic mass is 14.5. The SMILES string of the molecule is CC[C@@]12[CH]CC(CC1)C2. The average molecular weight is 123 g/mol. The zero-order chi connectivity index (χ0) is 6.32. The second-order valence-corrected chi connectivity index (χ2v) is 3.76. The van der Waals surface area contributed by atoms with E-state index in [0.717, 1.165) is 11.3 Å². The summed E-state index contributed by atoms with van der Waals surface area (Å²) in [6.07, 6.45) is 9.93. The predicted octanol–water partition coefficient (Wildman–Crippen LogP) is 2.79. The molecule has 9 heavy (non-hydrogen) atoms. The van der Waals surface area contributed by atoms with Gasteiger partial charge in [0, 0.05) is 0 Å². The summed E-state index contributed by atoms with van der Waals surface area (Å²) in [6, 6.07) is 0. The minimum Gasteiger partial charge on any atom is -0.0648 e. The van der Waals surface area contributed by atoms with E-state index in [1.807, 2.05) is 0 Å². The molecule has 0 N–H and O–H groups in total.